The van der Waals surface area contributed by atoms with Crippen LogP contribution in [0.1, 0.15) is 26.7 Å². The fourth-order valence-electron chi connectivity index (χ4n) is 2.95. The van der Waals surface area contributed by atoms with Crippen LogP contribution in [0.3, 0.4) is 0 Å². The molecule has 1 heterocycles. The fourth-order valence-corrected chi connectivity index (χ4v) is 4.36. The van der Waals surface area contributed by atoms with Crippen LogP contribution >= 0.6 is 0 Å². The zero-order chi connectivity index (χ0) is 19.0. The molecule has 26 heavy (non-hydrogen) atoms. The summed E-state index contributed by atoms with van der Waals surface area (Å²) < 4.78 is 31.8. The average molecular weight is 384 g/mol. The standard InChI is InChI=1S/C18H29N3O4S/c1-3-9-20(10-4-2)15-18(22)19-16-5-7-17(8-6-16)26(23,24)21-11-13-25-14-12-21/h5-8H,3-4,9-15H2,1-2H3,(H,19,22). The van der Waals surface area contributed by atoms with Crippen molar-refractivity contribution in [3.05, 3.63) is 24.3 Å². The van der Waals surface area contributed by atoms with Crippen LogP contribution in [0, 0.1) is 0 Å². The van der Waals surface area contributed by atoms with Crippen molar-refractivity contribution < 1.29 is 17.9 Å². The van der Waals surface area contributed by atoms with Gasteiger partial charge in [0.25, 0.3) is 0 Å². The van der Waals surface area contributed by atoms with Gasteiger partial charge in [0, 0.05) is 18.8 Å². The van der Waals surface area contributed by atoms with Crippen LogP contribution in [-0.4, -0.2) is 69.5 Å². The monoisotopic (exact) mass is 383 g/mol. The van der Waals surface area contributed by atoms with Crippen LogP contribution in [0.5, 0.6) is 0 Å². The van der Waals surface area contributed by atoms with Crippen LogP contribution in [-0.2, 0) is 19.6 Å². The van der Waals surface area contributed by atoms with E-state index in [9.17, 15) is 13.2 Å². The minimum absolute atomic E-state index is 0.0873. The molecule has 1 aliphatic rings. The summed E-state index contributed by atoms with van der Waals surface area (Å²) in [6, 6.07) is 6.34. The summed E-state index contributed by atoms with van der Waals surface area (Å²) in [6.45, 7) is 7.86. The van der Waals surface area contributed by atoms with E-state index in [4.69, 9.17) is 4.74 Å². The predicted octanol–water partition coefficient (Wildman–Crippen LogP) is 1.77. The van der Waals surface area contributed by atoms with E-state index in [0.29, 0.717) is 38.5 Å². The minimum Gasteiger partial charge on any atom is -0.379 e. The number of morpholine rings is 1. The van der Waals surface area contributed by atoms with Gasteiger partial charge in [-0.25, -0.2) is 8.42 Å². The molecule has 0 bridgehead atoms. The molecule has 2 rings (SSSR count). The van der Waals surface area contributed by atoms with Gasteiger partial charge >= 0.3 is 0 Å². The van der Waals surface area contributed by atoms with Gasteiger partial charge in [0.15, 0.2) is 0 Å². The summed E-state index contributed by atoms with van der Waals surface area (Å²) in [4.78, 5) is 14.6. The summed E-state index contributed by atoms with van der Waals surface area (Å²) in [6.07, 6.45) is 2.00. The van der Waals surface area contributed by atoms with Gasteiger partial charge in [0.1, 0.15) is 0 Å². The molecule has 1 saturated heterocycles. The molecule has 146 valence electrons. The molecule has 0 aliphatic carbocycles. The van der Waals surface area contributed by atoms with E-state index < -0.39 is 10.0 Å². The molecule has 1 amide bonds. The Morgan fingerprint density at radius 3 is 2.23 bits per heavy atom. The number of nitrogens with one attached hydrogen (secondary N) is 1. The second-order valence-electron chi connectivity index (χ2n) is 6.37. The number of nitrogens with zero attached hydrogens (tertiary/aromatic N) is 2. The van der Waals surface area contributed by atoms with Crippen LogP contribution in [0.15, 0.2) is 29.2 Å². The molecule has 0 radical (unpaired) electrons. The van der Waals surface area contributed by atoms with Crippen molar-refractivity contribution in [3.8, 4) is 0 Å². The van der Waals surface area contributed by atoms with E-state index >= 15 is 0 Å². The molecule has 1 fully saturated rings. The van der Waals surface area contributed by atoms with E-state index in [1.807, 2.05) is 0 Å². The molecule has 0 aromatic heterocycles. The quantitative estimate of drug-likeness (QED) is 0.703. The van der Waals surface area contributed by atoms with Gasteiger partial charge in [-0.05, 0) is 50.2 Å². The molecule has 1 aliphatic heterocycles. The predicted molar refractivity (Wildman–Crippen MR) is 102 cm³/mol. The normalized spacial score (nSPS) is 16.0. The van der Waals surface area contributed by atoms with E-state index in [1.165, 1.54) is 16.4 Å². The summed E-state index contributed by atoms with van der Waals surface area (Å²) >= 11 is 0. The SMILES string of the molecule is CCCN(CCC)CC(=O)Nc1ccc(S(=O)(=O)N2CCOCC2)cc1. The van der Waals surface area contributed by atoms with Crippen molar-refractivity contribution in [1.82, 2.24) is 9.21 Å². The first-order chi connectivity index (χ1) is 12.5. The number of rotatable bonds is 9. The zero-order valence-electron chi connectivity index (χ0n) is 15.6. The highest BCUT2D eigenvalue weighted by Crippen LogP contribution is 2.19. The number of ether oxygens (including phenoxy) is 1. The van der Waals surface area contributed by atoms with Crippen molar-refractivity contribution in [1.29, 1.82) is 0 Å². The van der Waals surface area contributed by atoms with E-state index in [2.05, 4.69) is 24.1 Å². The molecule has 1 N–H and O–H groups in total. The highest BCUT2D eigenvalue weighted by Gasteiger charge is 2.26. The largest absolute Gasteiger partial charge is 0.379 e. The lowest BCUT2D eigenvalue weighted by atomic mass is 10.3. The van der Waals surface area contributed by atoms with E-state index in [0.717, 1.165) is 25.9 Å². The molecule has 0 unspecified atom stereocenters. The molecular weight excluding hydrogens is 354 g/mol. The summed E-state index contributed by atoms with van der Waals surface area (Å²) in [5, 5.41) is 2.84. The Hall–Kier alpha value is -1.48. The van der Waals surface area contributed by atoms with Crippen molar-refractivity contribution in [2.75, 3.05) is 51.3 Å². The molecule has 1 aromatic carbocycles. The minimum atomic E-state index is -3.51. The fraction of sp³-hybridized carbons (Fsp3) is 0.611. The van der Waals surface area contributed by atoms with Crippen LogP contribution in [0.25, 0.3) is 0 Å². The molecule has 0 saturated carbocycles. The summed E-state index contributed by atoms with van der Waals surface area (Å²) in [5.41, 5.74) is 0.601. The number of sulfonamides is 1. The van der Waals surface area contributed by atoms with Gasteiger partial charge in [0.05, 0.1) is 24.7 Å². The van der Waals surface area contributed by atoms with Gasteiger partial charge in [-0.2, -0.15) is 4.31 Å². The second kappa shape index (κ2) is 10.0. The van der Waals surface area contributed by atoms with Gasteiger partial charge in [-0.15, -0.1) is 0 Å². The Kier molecular flexibility index (Phi) is 8.02. The topological polar surface area (TPSA) is 79.0 Å². The summed E-state index contributed by atoms with van der Waals surface area (Å²) in [7, 11) is -3.51. The van der Waals surface area contributed by atoms with E-state index in [-0.39, 0.29) is 10.8 Å². The maximum absolute atomic E-state index is 12.6. The number of amides is 1. The van der Waals surface area contributed by atoms with Gasteiger partial charge in [-0.1, -0.05) is 13.8 Å². The smallest absolute Gasteiger partial charge is 0.243 e. The lowest BCUT2D eigenvalue weighted by Gasteiger charge is -2.26. The van der Waals surface area contributed by atoms with Crippen molar-refractivity contribution >= 4 is 21.6 Å². The highest BCUT2D eigenvalue weighted by molar-refractivity contribution is 7.89. The van der Waals surface area contributed by atoms with Crippen LogP contribution < -0.4 is 5.32 Å². The third kappa shape index (κ3) is 5.77. The van der Waals surface area contributed by atoms with Crippen LogP contribution in [0.2, 0.25) is 0 Å². The van der Waals surface area contributed by atoms with Gasteiger partial charge in [0.2, 0.25) is 15.9 Å². The number of benzene rings is 1. The first-order valence-electron chi connectivity index (χ1n) is 9.17. The lowest BCUT2D eigenvalue weighted by Crippen LogP contribution is -2.40. The highest BCUT2D eigenvalue weighted by atomic mass is 32.2. The number of hydrogen-bond acceptors (Lipinski definition) is 5. The van der Waals surface area contributed by atoms with Crippen molar-refractivity contribution in [3.63, 3.8) is 0 Å². The molecule has 1 aromatic rings. The Morgan fingerprint density at radius 2 is 1.69 bits per heavy atom. The molecule has 7 nitrogen and oxygen atoms in total. The van der Waals surface area contributed by atoms with Crippen molar-refractivity contribution in [2.24, 2.45) is 0 Å². The third-order valence-electron chi connectivity index (χ3n) is 4.19. The Balaban J connectivity index is 1.97. The first-order valence-corrected chi connectivity index (χ1v) is 10.6. The third-order valence-corrected chi connectivity index (χ3v) is 6.11. The van der Waals surface area contributed by atoms with Gasteiger partial charge in [-0.3, -0.25) is 9.69 Å². The molecule has 0 atom stereocenters. The second-order valence-corrected chi connectivity index (χ2v) is 8.30. The number of hydrogen-bond donors (Lipinski definition) is 1. The van der Waals surface area contributed by atoms with Crippen LogP contribution in [0.4, 0.5) is 5.69 Å². The molecular formula is C18H29N3O4S. The van der Waals surface area contributed by atoms with Crippen molar-refractivity contribution in [2.45, 2.75) is 31.6 Å². The maximum atomic E-state index is 12.6. The summed E-state index contributed by atoms with van der Waals surface area (Å²) in [5.74, 6) is -0.0873. The average Bonchev–Trinajstić information content (AvgIpc) is 2.63. The molecule has 8 heteroatoms. The Bertz CT molecular complexity index is 664. The van der Waals surface area contributed by atoms with E-state index in [1.54, 1.807) is 12.1 Å². The number of anilines is 1. The lowest BCUT2D eigenvalue weighted by molar-refractivity contribution is -0.117. The molecule has 0 spiro atoms. The Morgan fingerprint density at radius 1 is 1.12 bits per heavy atom. The maximum Gasteiger partial charge on any atom is 0.243 e. The first kappa shape index (κ1) is 20.8. The Labute approximate surface area is 156 Å². The van der Waals surface area contributed by atoms with Gasteiger partial charge < -0.3 is 10.1 Å². The number of carbonyl (C=O) groups is 1. The number of carbonyl (C=O) groups excluding carboxylic acids is 1. The zero-order valence-corrected chi connectivity index (χ0v) is 16.4.